The maximum Gasteiger partial charge on any atom is 0.158 e. The summed E-state index contributed by atoms with van der Waals surface area (Å²) in [5.41, 5.74) is 5.55. The van der Waals surface area contributed by atoms with Gasteiger partial charge in [-0.2, -0.15) is 0 Å². The molecule has 0 saturated heterocycles. The van der Waals surface area contributed by atoms with E-state index in [4.69, 9.17) is 9.47 Å². The van der Waals surface area contributed by atoms with E-state index in [-0.39, 0.29) is 6.29 Å². The Balaban J connectivity index is 4.45. The van der Waals surface area contributed by atoms with Gasteiger partial charge in [0.1, 0.15) is 0 Å². The topological polar surface area (TPSA) is 18.5 Å². The fraction of sp³-hybridized carbons (Fsp3) is 0.677. The van der Waals surface area contributed by atoms with Crippen LogP contribution < -0.4 is 0 Å². The number of hydrogen-bond donors (Lipinski definition) is 0. The maximum absolute atomic E-state index is 6.13. The van der Waals surface area contributed by atoms with Crippen LogP contribution in [0.4, 0.5) is 0 Å². The number of allylic oxidation sites excluding steroid dienone is 7. The first-order valence-corrected chi connectivity index (χ1v) is 13.3. The van der Waals surface area contributed by atoms with Gasteiger partial charge < -0.3 is 9.47 Å². The van der Waals surface area contributed by atoms with Crippen molar-refractivity contribution in [3.63, 3.8) is 0 Å². The molecular formula is C31H54O2. The lowest BCUT2D eigenvalue weighted by atomic mass is 10.1. The summed E-state index contributed by atoms with van der Waals surface area (Å²) in [5.74, 6) is 0. The second-order valence-electron chi connectivity index (χ2n) is 9.82. The molecule has 0 aliphatic carbocycles. The molecular weight excluding hydrogens is 404 g/mol. The average Bonchev–Trinajstić information content (AvgIpc) is 2.74. The van der Waals surface area contributed by atoms with Crippen LogP contribution in [0.25, 0.3) is 0 Å². The minimum absolute atomic E-state index is 0.116. The molecule has 0 heterocycles. The van der Waals surface area contributed by atoms with Gasteiger partial charge in [0.15, 0.2) is 6.29 Å². The molecule has 0 aromatic rings. The van der Waals surface area contributed by atoms with Crippen molar-refractivity contribution in [1.29, 1.82) is 0 Å². The van der Waals surface area contributed by atoms with Gasteiger partial charge in [-0.3, -0.25) is 0 Å². The quantitative estimate of drug-likeness (QED) is 0.0967. The van der Waals surface area contributed by atoms with Crippen LogP contribution in [0, 0.1) is 0 Å². The van der Waals surface area contributed by atoms with Gasteiger partial charge in [-0.25, -0.2) is 0 Å². The summed E-state index contributed by atoms with van der Waals surface area (Å²) in [5, 5.41) is 0. The summed E-state index contributed by atoms with van der Waals surface area (Å²) in [6, 6.07) is 0. The van der Waals surface area contributed by atoms with Crippen molar-refractivity contribution in [1.82, 2.24) is 0 Å². The molecule has 0 aliphatic heterocycles. The minimum atomic E-state index is -0.116. The highest BCUT2D eigenvalue weighted by molar-refractivity contribution is 5.03. The Morgan fingerprint density at radius 2 is 1.06 bits per heavy atom. The normalized spacial score (nSPS) is 12.2. The molecule has 0 aromatic carbocycles. The molecule has 190 valence electrons. The molecule has 0 amide bonds. The molecule has 2 heteroatoms. The standard InChI is InChI=1S/C31H54O2/c1-8-9-10-11-12-13-14-15-22-31(32-25-23-29(6)20-16-18-27(2)3)33-26-24-30(7)21-17-19-28(4)5/h8,18-19,23-24,31H,1,9-17,20-22,25-26H2,2-7H3/b29-23+,30-24+. The Kier molecular flexibility index (Phi) is 21.5. The van der Waals surface area contributed by atoms with E-state index >= 15 is 0 Å². The summed E-state index contributed by atoms with van der Waals surface area (Å²) in [4.78, 5) is 0. The van der Waals surface area contributed by atoms with Gasteiger partial charge in [0.05, 0.1) is 13.2 Å². The highest BCUT2D eigenvalue weighted by Crippen LogP contribution is 2.14. The first-order valence-electron chi connectivity index (χ1n) is 13.3. The predicted octanol–water partition coefficient (Wildman–Crippen LogP) is 10.0. The van der Waals surface area contributed by atoms with Crippen molar-refractivity contribution < 1.29 is 9.47 Å². The van der Waals surface area contributed by atoms with Gasteiger partial charge in [-0.05, 0) is 92.9 Å². The van der Waals surface area contributed by atoms with Gasteiger partial charge in [-0.1, -0.05) is 78.4 Å². The summed E-state index contributed by atoms with van der Waals surface area (Å²) >= 11 is 0. The summed E-state index contributed by atoms with van der Waals surface area (Å²) in [7, 11) is 0. The molecule has 0 rings (SSSR count). The Labute approximate surface area is 206 Å². The van der Waals surface area contributed by atoms with E-state index in [1.165, 1.54) is 60.8 Å². The number of rotatable bonds is 21. The molecule has 0 spiro atoms. The average molecular weight is 459 g/mol. The molecule has 0 radical (unpaired) electrons. The van der Waals surface area contributed by atoms with Crippen LogP contribution in [0.2, 0.25) is 0 Å². The van der Waals surface area contributed by atoms with Crippen LogP contribution in [0.5, 0.6) is 0 Å². The first-order chi connectivity index (χ1) is 15.8. The Morgan fingerprint density at radius 3 is 1.52 bits per heavy atom. The molecule has 2 nitrogen and oxygen atoms in total. The van der Waals surface area contributed by atoms with Crippen LogP contribution in [-0.4, -0.2) is 19.5 Å². The van der Waals surface area contributed by atoms with Crippen molar-refractivity contribution in [2.75, 3.05) is 13.2 Å². The van der Waals surface area contributed by atoms with Crippen molar-refractivity contribution in [3.05, 3.63) is 59.3 Å². The van der Waals surface area contributed by atoms with Crippen LogP contribution >= 0.6 is 0 Å². The van der Waals surface area contributed by atoms with Gasteiger partial charge >= 0.3 is 0 Å². The summed E-state index contributed by atoms with van der Waals surface area (Å²) in [6.07, 6.45) is 25.1. The van der Waals surface area contributed by atoms with Crippen LogP contribution in [0.3, 0.4) is 0 Å². The molecule has 0 saturated carbocycles. The van der Waals surface area contributed by atoms with E-state index in [9.17, 15) is 0 Å². The predicted molar refractivity (Wildman–Crippen MR) is 148 cm³/mol. The second-order valence-corrected chi connectivity index (χ2v) is 9.82. The van der Waals surface area contributed by atoms with Crippen LogP contribution in [-0.2, 0) is 9.47 Å². The van der Waals surface area contributed by atoms with Crippen LogP contribution in [0.15, 0.2) is 59.3 Å². The van der Waals surface area contributed by atoms with E-state index in [0.717, 1.165) is 38.5 Å². The SMILES string of the molecule is C=CCCCCCCCCC(OC/C=C(\C)CCC=C(C)C)OC/C=C(\C)CCC=C(C)C. The van der Waals surface area contributed by atoms with Crippen molar-refractivity contribution in [2.45, 2.75) is 125 Å². The van der Waals surface area contributed by atoms with E-state index < -0.39 is 0 Å². The molecule has 0 atom stereocenters. The molecule has 0 aliphatic rings. The van der Waals surface area contributed by atoms with Gasteiger partial charge in [-0.15, -0.1) is 6.58 Å². The highest BCUT2D eigenvalue weighted by Gasteiger charge is 2.08. The highest BCUT2D eigenvalue weighted by atomic mass is 16.7. The van der Waals surface area contributed by atoms with Gasteiger partial charge in [0.25, 0.3) is 0 Å². The van der Waals surface area contributed by atoms with Crippen LogP contribution in [0.1, 0.15) is 119 Å². The molecule has 0 unspecified atom stereocenters. The number of unbranched alkanes of at least 4 members (excludes halogenated alkanes) is 6. The lowest BCUT2D eigenvalue weighted by Crippen LogP contribution is -2.18. The van der Waals surface area contributed by atoms with Crippen molar-refractivity contribution >= 4 is 0 Å². The fourth-order valence-corrected chi connectivity index (χ4v) is 3.50. The summed E-state index contributed by atoms with van der Waals surface area (Å²) < 4.78 is 12.3. The Morgan fingerprint density at radius 1 is 0.606 bits per heavy atom. The fourth-order valence-electron chi connectivity index (χ4n) is 3.50. The zero-order chi connectivity index (χ0) is 24.7. The van der Waals surface area contributed by atoms with Crippen molar-refractivity contribution in [3.8, 4) is 0 Å². The monoisotopic (exact) mass is 458 g/mol. The molecule has 0 bridgehead atoms. The number of hydrogen-bond acceptors (Lipinski definition) is 2. The maximum atomic E-state index is 6.13. The van der Waals surface area contributed by atoms with E-state index in [2.05, 4.69) is 72.4 Å². The molecule has 0 N–H and O–H groups in total. The zero-order valence-corrected chi connectivity index (χ0v) is 22.9. The smallest absolute Gasteiger partial charge is 0.158 e. The molecule has 33 heavy (non-hydrogen) atoms. The second kappa shape index (κ2) is 22.4. The minimum Gasteiger partial charge on any atom is -0.349 e. The zero-order valence-electron chi connectivity index (χ0n) is 22.9. The lowest BCUT2D eigenvalue weighted by Gasteiger charge is -2.17. The molecule has 0 fully saturated rings. The Bertz CT molecular complexity index is 556. The van der Waals surface area contributed by atoms with Gasteiger partial charge in [0, 0.05) is 0 Å². The van der Waals surface area contributed by atoms with E-state index in [1.807, 2.05) is 6.08 Å². The lowest BCUT2D eigenvalue weighted by molar-refractivity contribution is -0.131. The third-order valence-electron chi connectivity index (χ3n) is 5.71. The first kappa shape index (κ1) is 31.6. The largest absolute Gasteiger partial charge is 0.349 e. The molecule has 0 aromatic heterocycles. The third kappa shape index (κ3) is 23.6. The summed E-state index contributed by atoms with van der Waals surface area (Å²) in [6.45, 7) is 18.1. The van der Waals surface area contributed by atoms with E-state index in [0.29, 0.717) is 13.2 Å². The third-order valence-corrected chi connectivity index (χ3v) is 5.71. The Hall–Kier alpha value is -1.38. The van der Waals surface area contributed by atoms with E-state index in [1.54, 1.807) is 0 Å². The number of ether oxygens (including phenoxy) is 2. The van der Waals surface area contributed by atoms with Gasteiger partial charge in [0.2, 0.25) is 0 Å². The van der Waals surface area contributed by atoms with Crippen molar-refractivity contribution in [2.24, 2.45) is 0 Å².